The topological polar surface area (TPSA) is 68.2 Å². The first kappa shape index (κ1) is 15.3. The van der Waals surface area contributed by atoms with E-state index >= 15 is 0 Å². The number of methoxy groups -OCH3 is 1. The van der Waals surface area contributed by atoms with Gasteiger partial charge in [-0.2, -0.15) is 0 Å². The van der Waals surface area contributed by atoms with E-state index in [1.165, 1.54) is 11.1 Å². The van der Waals surface area contributed by atoms with Crippen molar-refractivity contribution in [2.45, 2.75) is 49.3 Å². The fourth-order valence-corrected chi connectivity index (χ4v) is 6.09. The van der Waals surface area contributed by atoms with Gasteiger partial charge in [0.25, 0.3) is 0 Å². The second kappa shape index (κ2) is 5.04. The van der Waals surface area contributed by atoms with Crippen molar-refractivity contribution in [3.05, 3.63) is 23.3 Å². The van der Waals surface area contributed by atoms with Crippen LogP contribution in [0.15, 0.2) is 12.1 Å². The fourth-order valence-electron chi connectivity index (χ4n) is 6.09. The lowest BCUT2D eigenvalue weighted by atomic mass is 9.51. The van der Waals surface area contributed by atoms with Crippen LogP contribution in [0.4, 0.5) is 4.79 Å². The average Bonchev–Trinajstić information content (AvgIpc) is 2.94. The minimum absolute atomic E-state index is 0.146. The molecule has 2 heterocycles. The number of benzene rings is 1. The Morgan fingerprint density at radius 3 is 3.00 bits per heavy atom. The molecule has 0 radical (unpaired) electrons. The Kier molecular flexibility index (Phi) is 3.08. The summed E-state index contributed by atoms with van der Waals surface area (Å²) in [6.45, 7) is 0.997. The molecule has 1 saturated heterocycles. The van der Waals surface area contributed by atoms with Crippen LogP contribution in [-0.2, 0) is 16.6 Å². The van der Waals surface area contributed by atoms with Gasteiger partial charge in [-0.15, -0.1) is 0 Å². The van der Waals surface area contributed by atoms with Crippen LogP contribution in [0.25, 0.3) is 0 Å². The Labute approximate surface area is 146 Å². The lowest BCUT2D eigenvalue weighted by molar-refractivity contribution is -0.108. The maximum absolute atomic E-state index is 11.2. The number of nitrogens with zero attached hydrogens (tertiary/aromatic N) is 1. The molecule has 6 heteroatoms. The minimum atomic E-state index is -1.22. The molecule has 4 aliphatic rings. The van der Waals surface area contributed by atoms with Crippen LogP contribution in [0, 0.1) is 5.92 Å². The summed E-state index contributed by atoms with van der Waals surface area (Å²) in [5.41, 5.74) is 2.44. The number of likely N-dealkylation sites (N-methyl/N-ethyl adjacent to an activating group) is 1. The zero-order chi connectivity index (χ0) is 17.3. The highest BCUT2D eigenvalue weighted by molar-refractivity contribution is 5.62. The molecular weight excluding hydrogens is 322 g/mol. The van der Waals surface area contributed by atoms with E-state index < -0.39 is 12.3 Å². The summed E-state index contributed by atoms with van der Waals surface area (Å²) in [6.07, 6.45) is 1.82. The van der Waals surface area contributed by atoms with E-state index in [4.69, 9.17) is 14.2 Å². The quantitative estimate of drug-likeness (QED) is 0.831. The van der Waals surface area contributed by atoms with Crippen LogP contribution in [-0.4, -0.2) is 55.1 Å². The normalized spacial score (nSPS) is 37.8. The van der Waals surface area contributed by atoms with E-state index in [-0.39, 0.29) is 11.5 Å². The molecule has 1 spiro atoms. The summed E-state index contributed by atoms with van der Waals surface area (Å²) in [4.78, 5) is 13.7. The third-order valence-corrected chi connectivity index (χ3v) is 7.00. The number of rotatable bonds is 2. The van der Waals surface area contributed by atoms with E-state index in [2.05, 4.69) is 18.0 Å². The second-order valence-electron chi connectivity index (χ2n) is 7.82. The van der Waals surface area contributed by atoms with E-state index in [9.17, 15) is 9.90 Å². The Morgan fingerprint density at radius 1 is 1.40 bits per heavy atom. The van der Waals surface area contributed by atoms with Gasteiger partial charge in [-0.05, 0) is 56.8 Å². The maximum Gasteiger partial charge on any atom is 0.506 e. The number of hydrogen-bond acceptors (Lipinski definition) is 5. The van der Waals surface area contributed by atoms with Crippen molar-refractivity contribution in [1.82, 2.24) is 4.90 Å². The summed E-state index contributed by atoms with van der Waals surface area (Å²) in [5.74, 6) is 2.04. The molecule has 134 valence electrons. The number of ether oxygens (including phenoxy) is 3. The summed E-state index contributed by atoms with van der Waals surface area (Å²) < 4.78 is 17.2. The first-order valence-electron chi connectivity index (χ1n) is 9.03. The smallest absolute Gasteiger partial charge is 0.493 e. The molecule has 2 aliphatic heterocycles. The molecule has 2 aliphatic carbocycles. The van der Waals surface area contributed by atoms with Crippen LogP contribution in [0.3, 0.4) is 0 Å². The van der Waals surface area contributed by atoms with E-state index in [0.717, 1.165) is 43.7 Å². The fraction of sp³-hybridized carbons (Fsp3) is 0.632. The Bertz CT molecular complexity index is 750. The molecule has 5 atom stereocenters. The highest BCUT2D eigenvalue weighted by Gasteiger charge is 2.66. The van der Waals surface area contributed by atoms with Crippen molar-refractivity contribution in [3.8, 4) is 11.5 Å². The van der Waals surface area contributed by atoms with Crippen LogP contribution in [0.1, 0.15) is 30.4 Å². The first-order valence-corrected chi connectivity index (χ1v) is 9.03. The zero-order valence-electron chi connectivity index (χ0n) is 14.5. The molecular formula is C19H23NO5. The molecule has 0 aromatic heterocycles. The first-order chi connectivity index (χ1) is 12.1. The highest BCUT2D eigenvalue weighted by atomic mass is 16.7. The molecule has 1 N–H and O–H groups in total. The van der Waals surface area contributed by atoms with Crippen molar-refractivity contribution >= 4 is 6.16 Å². The molecule has 1 aromatic rings. The Balaban J connectivity index is 1.71. The average molecular weight is 345 g/mol. The number of likely N-dealkylation sites (tertiary alicyclic amines) is 1. The number of carboxylic acid groups (broad SMARTS) is 1. The van der Waals surface area contributed by atoms with E-state index in [1.54, 1.807) is 7.11 Å². The van der Waals surface area contributed by atoms with Crippen LogP contribution in [0.2, 0.25) is 0 Å². The van der Waals surface area contributed by atoms with Gasteiger partial charge in [-0.1, -0.05) is 6.07 Å². The van der Waals surface area contributed by atoms with Crippen molar-refractivity contribution < 1.29 is 24.1 Å². The molecule has 0 amide bonds. The van der Waals surface area contributed by atoms with Gasteiger partial charge >= 0.3 is 6.16 Å². The number of hydrogen-bond donors (Lipinski definition) is 1. The molecule has 6 nitrogen and oxygen atoms in total. The van der Waals surface area contributed by atoms with Crippen molar-refractivity contribution in [2.75, 3.05) is 20.7 Å². The van der Waals surface area contributed by atoms with Gasteiger partial charge in [0, 0.05) is 17.0 Å². The van der Waals surface area contributed by atoms with Gasteiger partial charge in [-0.3, -0.25) is 0 Å². The lowest BCUT2D eigenvalue weighted by Crippen LogP contribution is -2.66. The summed E-state index contributed by atoms with van der Waals surface area (Å²) in [6, 6.07) is 4.62. The lowest BCUT2D eigenvalue weighted by Gasteiger charge is -2.58. The molecule has 2 unspecified atom stereocenters. The largest absolute Gasteiger partial charge is 0.506 e. The van der Waals surface area contributed by atoms with E-state index in [0.29, 0.717) is 12.0 Å². The van der Waals surface area contributed by atoms with Crippen LogP contribution < -0.4 is 9.47 Å². The second-order valence-corrected chi connectivity index (χ2v) is 7.82. The number of carbonyl (C=O) groups is 1. The van der Waals surface area contributed by atoms with Gasteiger partial charge in [0.2, 0.25) is 0 Å². The SMILES string of the molecule is COc1ccc2c3c1O[C@@H]1C(OC(=O)O)CC[C@@H]4[C@H](C2)N(C)CCC314. The van der Waals surface area contributed by atoms with Gasteiger partial charge in [0.05, 0.1) is 7.11 Å². The number of piperidine rings is 1. The molecule has 1 aromatic carbocycles. The summed E-state index contributed by atoms with van der Waals surface area (Å²) in [7, 11) is 3.86. The standard InChI is InChI=1S/C19H23NO5/c1-20-8-7-19-11-4-6-14(24-18(21)22)17(19)25-16-13(23-2)5-3-10(15(16)19)9-12(11)20/h3,5,11-12,14,17H,4,6-9H2,1-2H3,(H,21,22)/t11-,12+,14?,17-,19?/m1/s1. The van der Waals surface area contributed by atoms with Crippen molar-refractivity contribution in [2.24, 2.45) is 5.92 Å². The predicted molar refractivity (Wildman–Crippen MR) is 89.4 cm³/mol. The predicted octanol–water partition coefficient (Wildman–Crippen LogP) is 2.43. The molecule has 1 saturated carbocycles. The van der Waals surface area contributed by atoms with Crippen LogP contribution in [0.5, 0.6) is 11.5 Å². The van der Waals surface area contributed by atoms with Gasteiger partial charge in [0.15, 0.2) is 11.5 Å². The molecule has 5 rings (SSSR count). The minimum Gasteiger partial charge on any atom is -0.493 e. The molecule has 25 heavy (non-hydrogen) atoms. The Morgan fingerprint density at radius 2 is 2.24 bits per heavy atom. The summed E-state index contributed by atoms with van der Waals surface area (Å²) >= 11 is 0. The summed E-state index contributed by atoms with van der Waals surface area (Å²) in [5, 5.41) is 9.19. The zero-order valence-corrected chi connectivity index (χ0v) is 14.5. The maximum atomic E-state index is 11.2. The van der Waals surface area contributed by atoms with Gasteiger partial charge < -0.3 is 24.2 Å². The van der Waals surface area contributed by atoms with Gasteiger partial charge in [0.1, 0.15) is 12.2 Å². The van der Waals surface area contributed by atoms with Crippen molar-refractivity contribution in [1.29, 1.82) is 0 Å². The monoisotopic (exact) mass is 345 g/mol. The van der Waals surface area contributed by atoms with E-state index in [1.807, 2.05) is 6.07 Å². The highest BCUT2D eigenvalue weighted by Crippen LogP contribution is 2.64. The van der Waals surface area contributed by atoms with Crippen LogP contribution >= 0.6 is 0 Å². The third kappa shape index (κ3) is 1.81. The van der Waals surface area contributed by atoms with Gasteiger partial charge in [-0.25, -0.2) is 4.79 Å². The third-order valence-electron chi connectivity index (χ3n) is 7.00. The molecule has 2 fully saturated rings. The molecule has 2 bridgehead atoms. The van der Waals surface area contributed by atoms with Crippen molar-refractivity contribution in [3.63, 3.8) is 0 Å². The Hall–Kier alpha value is -1.95.